The van der Waals surface area contributed by atoms with Gasteiger partial charge in [-0.15, -0.1) is 11.3 Å². The van der Waals surface area contributed by atoms with Crippen LogP contribution in [0.25, 0.3) is 0 Å². The number of thiophene rings is 1. The van der Waals surface area contributed by atoms with Crippen molar-refractivity contribution < 1.29 is 4.39 Å². The van der Waals surface area contributed by atoms with Gasteiger partial charge < -0.3 is 11.1 Å². The minimum atomic E-state index is -0.499. The molecule has 2 rings (SSSR count). The standard InChI is InChI=1S/C11H10ClFN2S/c12-8-4-11(10(14)5-9(8)13)15-6-7-2-1-3-16-7/h1-5,15H,6,14H2. The lowest BCUT2D eigenvalue weighted by molar-refractivity contribution is 0.629. The number of hydrogen-bond donors (Lipinski definition) is 2. The zero-order valence-electron chi connectivity index (χ0n) is 8.34. The summed E-state index contributed by atoms with van der Waals surface area (Å²) in [4.78, 5) is 1.18. The number of nitrogens with two attached hydrogens (primary N) is 1. The Balaban J connectivity index is 2.12. The highest BCUT2D eigenvalue weighted by Gasteiger charge is 2.05. The minimum absolute atomic E-state index is 0.0721. The fraction of sp³-hybridized carbons (Fsp3) is 0.0909. The first-order chi connectivity index (χ1) is 7.66. The first kappa shape index (κ1) is 11.2. The summed E-state index contributed by atoms with van der Waals surface area (Å²) in [5, 5.41) is 5.19. The smallest absolute Gasteiger partial charge is 0.143 e. The van der Waals surface area contributed by atoms with Crippen LogP contribution in [0.3, 0.4) is 0 Å². The Kier molecular flexibility index (Phi) is 3.31. The number of benzene rings is 1. The number of rotatable bonds is 3. The minimum Gasteiger partial charge on any atom is -0.397 e. The van der Waals surface area contributed by atoms with Crippen LogP contribution in [0, 0.1) is 5.82 Å². The summed E-state index contributed by atoms with van der Waals surface area (Å²) < 4.78 is 13.0. The van der Waals surface area contributed by atoms with Gasteiger partial charge in [0.05, 0.1) is 16.4 Å². The molecule has 84 valence electrons. The van der Waals surface area contributed by atoms with Crippen LogP contribution in [0.15, 0.2) is 29.6 Å². The predicted molar refractivity (Wildman–Crippen MR) is 67.5 cm³/mol. The summed E-state index contributed by atoms with van der Waals surface area (Å²) in [5.41, 5.74) is 6.68. The molecule has 0 spiro atoms. The van der Waals surface area contributed by atoms with E-state index < -0.39 is 5.82 Å². The maximum Gasteiger partial charge on any atom is 0.143 e. The molecule has 0 aliphatic carbocycles. The van der Waals surface area contributed by atoms with E-state index in [2.05, 4.69) is 5.32 Å². The molecule has 2 aromatic rings. The van der Waals surface area contributed by atoms with Crippen molar-refractivity contribution >= 4 is 34.3 Å². The lowest BCUT2D eigenvalue weighted by atomic mass is 10.2. The van der Waals surface area contributed by atoms with Gasteiger partial charge in [0.15, 0.2) is 0 Å². The van der Waals surface area contributed by atoms with E-state index in [-0.39, 0.29) is 5.02 Å². The second kappa shape index (κ2) is 4.72. The number of nitrogens with one attached hydrogen (secondary N) is 1. The Labute approximate surface area is 102 Å². The van der Waals surface area contributed by atoms with Gasteiger partial charge in [0.1, 0.15) is 5.82 Å². The molecule has 0 aliphatic heterocycles. The highest BCUT2D eigenvalue weighted by molar-refractivity contribution is 7.09. The highest BCUT2D eigenvalue weighted by Crippen LogP contribution is 2.26. The third-order valence-corrected chi connectivity index (χ3v) is 3.29. The molecule has 0 saturated heterocycles. The van der Waals surface area contributed by atoms with E-state index in [0.717, 1.165) is 0 Å². The van der Waals surface area contributed by atoms with Crippen molar-refractivity contribution in [2.24, 2.45) is 0 Å². The highest BCUT2D eigenvalue weighted by atomic mass is 35.5. The van der Waals surface area contributed by atoms with Gasteiger partial charge in [-0.3, -0.25) is 0 Å². The summed E-state index contributed by atoms with van der Waals surface area (Å²) in [6.45, 7) is 0.657. The molecule has 3 N–H and O–H groups in total. The molecule has 0 unspecified atom stereocenters. The number of halogens is 2. The van der Waals surface area contributed by atoms with Gasteiger partial charge in [-0.1, -0.05) is 17.7 Å². The Morgan fingerprint density at radius 3 is 2.94 bits per heavy atom. The molecule has 0 amide bonds. The Hall–Kier alpha value is -1.26. The summed E-state index contributed by atoms with van der Waals surface area (Å²) in [5.74, 6) is -0.499. The van der Waals surface area contributed by atoms with Gasteiger partial charge in [0.2, 0.25) is 0 Å². The van der Waals surface area contributed by atoms with Crippen LogP contribution in [-0.4, -0.2) is 0 Å². The van der Waals surface area contributed by atoms with Crippen molar-refractivity contribution in [1.82, 2.24) is 0 Å². The molecular weight excluding hydrogens is 247 g/mol. The van der Waals surface area contributed by atoms with Gasteiger partial charge in [0, 0.05) is 17.5 Å². The Morgan fingerprint density at radius 1 is 1.44 bits per heavy atom. The average Bonchev–Trinajstić information content (AvgIpc) is 2.74. The van der Waals surface area contributed by atoms with Crippen molar-refractivity contribution in [1.29, 1.82) is 0 Å². The van der Waals surface area contributed by atoms with Gasteiger partial charge in [-0.05, 0) is 17.5 Å². The zero-order valence-corrected chi connectivity index (χ0v) is 9.91. The van der Waals surface area contributed by atoms with Crippen LogP contribution >= 0.6 is 22.9 Å². The lowest BCUT2D eigenvalue weighted by Crippen LogP contribution is -2.01. The molecule has 0 bridgehead atoms. The molecule has 16 heavy (non-hydrogen) atoms. The molecule has 0 atom stereocenters. The molecule has 2 nitrogen and oxygen atoms in total. The molecule has 1 heterocycles. The maximum absolute atomic E-state index is 13.0. The first-order valence-corrected chi connectivity index (χ1v) is 5.93. The number of anilines is 2. The van der Waals surface area contributed by atoms with Gasteiger partial charge in [0.25, 0.3) is 0 Å². The fourth-order valence-corrected chi connectivity index (χ4v) is 2.12. The Morgan fingerprint density at radius 2 is 2.25 bits per heavy atom. The van der Waals surface area contributed by atoms with Gasteiger partial charge >= 0.3 is 0 Å². The van der Waals surface area contributed by atoms with Crippen molar-refractivity contribution in [3.63, 3.8) is 0 Å². The molecular formula is C11H10ClFN2S. The topological polar surface area (TPSA) is 38.0 Å². The second-order valence-corrected chi connectivity index (χ2v) is 4.73. The molecule has 0 fully saturated rings. The normalized spacial score (nSPS) is 10.4. The van der Waals surface area contributed by atoms with E-state index in [0.29, 0.717) is 17.9 Å². The van der Waals surface area contributed by atoms with Crippen LogP contribution < -0.4 is 11.1 Å². The van der Waals surface area contributed by atoms with Crippen molar-refractivity contribution in [2.45, 2.75) is 6.54 Å². The quantitative estimate of drug-likeness (QED) is 0.821. The molecule has 1 aromatic heterocycles. The molecule has 1 aromatic carbocycles. The third kappa shape index (κ3) is 2.46. The summed E-state index contributed by atoms with van der Waals surface area (Å²) in [6.07, 6.45) is 0. The van der Waals surface area contributed by atoms with Crippen LogP contribution in [-0.2, 0) is 6.54 Å². The van der Waals surface area contributed by atoms with E-state index in [1.54, 1.807) is 11.3 Å². The summed E-state index contributed by atoms with van der Waals surface area (Å²) in [6, 6.07) is 6.71. The van der Waals surface area contributed by atoms with E-state index in [9.17, 15) is 4.39 Å². The fourth-order valence-electron chi connectivity index (χ4n) is 1.31. The molecule has 0 saturated carbocycles. The largest absolute Gasteiger partial charge is 0.397 e. The van der Waals surface area contributed by atoms with Crippen molar-refractivity contribution in [3.8, 4) is 0 Å². The monoisotopic (exact) mass is 256 g/mol. The third-order valence-electron chi connectivity index (χ3n) is 2.13. The summed E-state index contributed by atoms with van der Waals surface area (Å²) in [7, 11) is 0. The van der Waals surface area contributed by atoms with E-state index in [1.807, 2.05) is 17.5 Å². The maximum atomic E-state index is 13.0. The SMILES string of the molecule is Nc1cc(F)c(Cl)cc1NCc1cccs1. The predicted octanol–water partition coefficient (Wildman–Crippen LogP) is 3.73. The van der Waals surface area contributed by atoms with Crippen LogP contribution in [0.2, 0.25) is 5.02 Å². The lowest BCUT2D eigenvalue weighted by Gasteiger charge is -2.09. The molecule has 0 radical (unpaired) electrons. The Bertz CT molecular complexity index is 485. The van der Waals surface area contributed by atoms with Crippen LogP contribution in [0.5, 0.6) is 0 Å². The van der Waals surface area contributed by atoms with Crippen LogP contribution in [0.4, 0.5) is 15.8 Å². The van der Waals surface area contributed by atoms with E-state index >= 15 is 0 Å². The van der Waals surface area contributed by atoms with E-state index in [1.165, 1.54) is 17.0 Å². The zero-order chi connectivity index (χ0) is 11.5. The second-order valence-electron chi connectivity index (χ2n) is 3.29. The van der Waals surface area contributed by atoms with Crippen molar-refractivity contribution in [3.05, 3.63) is 45.4 Å². The van der Waals surface area contributed by atoms with E-state index in [4.69, 9.17) is 17.3 Å². The number of nitrogen functional groups attached to an aromatic ring is 1. The first-order valence-electron chi connectivity index (χ1n) is 4.67. The molecule has 5 heteroatoms. The van der Waals surface area contributed by atoms with Crippen molar-refractivity contribution in [2.75, 3.05) is 11.1 Å². The van der Waals surface area contributed by atoms with Gasteiger partial charge in [-0.25, -0.2) is 4.39 Å². The average molecular weight is 257 g/mol. The summed E-state index contributed by atoms with van der Waals surface area (Å²) >= 11 is 7.32. The number of hydrogen-bond acceptors (Lipinski definition) is 3. The molecule has 0 aliphatic rings. The van der Waals surface area contributed by atoms with Crippen LogP contribution in [0.1, 0.15) is 4.88 Å². The van der Waals surface area contributed by atoms with Gasteiger partial charge in [-0.2, -0.15) is 0 Å².